The number of amides is 1. The summed E-state index contributed by atoms with van der Waals surface area (Å²) in [4.78, 5) is 14.7. The van der Waals surface area contributed by atoms with Gasteiger partial charge in [0.15, 0.2) is 0 Å². The van der Waals surface area contributed by atoms with Gasteiger partial charge in [0.2, 0.25) is 15.9 Å². The van der Waals surface area contributed by atoms with Crippen LogP contribution < -0.4 is 5.32 Å². The molecule has 2 rings (SSSR count). The summed E-state index contributed by atoms with van der Waals surface area (Å²) in [7, 11) is -3.52. The molecule has 0 aliphatic carbocycles. The van der Waals surface area contributed by atoms with Gasteiger partial charge < -0.3 is 5.32 Å². The lowest BCUT2D eigenvalue weighted by molar-refractivity contribution is -0.118. The highest BCUT2D eigenvalue weighted by Crippen LogP contribution is 2.20. The second-order valence-electron chi connectivity index (χ2n) is 6.48. The molecule has 1 amide bonds. The monoisotopic (exact) mass is 367 g/mol. The van der Waals surface area contributed by atoms with E-state index >= 15 is 0 Å². The Morgan fingerprint density at radius 3 is 2.64 bits per heavy atom. The van der Waals surface area contributed by atoms with E-state index in [-0.39, 0.29) is 10.8 Å². The van der Waals surface area contributed by atoms with Crippen molar-refractivity contribution in [2.24, 2.45) is 0 Å². The molecule has 1 N–H and O–H groups in total. The number of piperidine rings is 1. The van der Waals surface area contributed by atoms with Crippen molar-refractivity contribution in [1.29, 1.82) is 0 Å². The first-order chi connectivity index (χ1) is 11.9. The minimum atomic E-state index is -3.52. The third-order valence-electron chi connectivity index (χ3n) is 4.75. The third kappa shape index (κ3) is 5.03. The highest BCUT2D eigenvalue weighted by Gasteiger charge is 2.23. The average Bonchev–Trinajstić information content (AvgIpc) is 2.58. The Bertz CT molecular complexity index is 687. The average molecular weight is 368 g/mol. The summed E-state index contributed by atoms with van der Waals surface area (Å²) in [6.07, 6.45) is 3.45. The fourth-order valence-corrected chi connectivity index (χ4v) is 4.73. The zero-order valence-electron chi connectivity index (χ0n) is 15.4. The molecule has 1 aliphatic heterocycles. The maximum Gasteiger partial charge on any atom is 0.243 e. The zero-order chi connectivity index (χ0) is 18.4. The lowest BCUT2D eigenvalue weighted by Crippen LogP contribution is -2.42. The zero-order valence-corrected chi connectivity index (χ0v) is 16.2. The van der Waals surface area contributed by atoms with Crippen molar-refractivity contribution in [2.45, 2.75) is 51.0 Å². The van der Waals surface area contributed by atoms with E-state index in [0.717, 1.165) is 19.4 Å². The van der Waals surface area contributed by atoms with Crippen LogP contribution in [0.5, 0.6) is 0 Å². The Labute approximate surface area is 151 Å². The molecular weight excluding hydrogens is 338 g/mol. The van der Waals surface area contributed by atoms with Gasteiger partial charge in [0.1, 0.15) is 0 Å². The summed E-state index contributed by atoms with van der Waals surface area (Å²) >= 11 is 0. The summed E-state index contributed by atoms with van der Waals surface area (Å²) in [5.74, 6) is -0.105. The maximum atomic E-state index is 12.6. The number of rotatable bonds is 7. The van der Waals surface area contributed by atoms with Gasteiger partial charge in [-0.15, -0.1) is 0 Å². The topological polar surface area (TPSA) is 69.7 Å². The van der Waals surface area contributed by atoms with E-state index in [0.29, 0.717) is 31.4 Å². The van der Waals surface area contributed by atoms with Crippen LogP contribution in [0.4, 0.5) is 5.69 Å². The fraction of sp³-hybridized carbons (Fsp3) is 0.611. The van der Waals surface area contributed by atoms with E-state index in [1.54, 1.807) is 18.2 Å². The standard InChI is InChI=1S/C18H29N3O3S/c1-4-21(5-2)25(23,24)17-11-8-10-16(13-17)19-18(22)14-20-12-7-6-9-15(20)3/h8,10-11,13,15H,4-7,9,12,14H2,1-3H3,(H,19,22)/t15-/m0/s1. The van der Waals surface area contributed by atoms with Crippen LogP contribution in [0.15, 0.2) is 29.2 Å². The van der Waals surface area contributed by atoms with Gasteiger partial charge in [-0.05, 0) is 44.5 Å². The molecule has 0 saturated carbocycles. The molecule has 140 valence electrons. The number of likely N-dealkylation sites (tertiary alicyclic amines) is 1. The summed E-state index contributed by atoms with van der Waals surface area (Å²) in [5, 5.41) is 2.83. The van der Waals surface area contributed by atoms with Crippen molar-refractivity contribution in [1.82, 2.24) is 9.21 Å². The van der Waals surface area contributed by atoms with Crippen LogP contribution in [0.1, 0.15) is 40.0 Å². The van der Waals surface area contributed by atoms with Gasteiger partial charge in [0, 0.05) is 24.8 Å². The number of nitrogens with one attached hydrogen (secondary N) is 1. The Morgan fingerprint density at radius 2 is 2.00 bits per heavy atom. The first kappa shape index (κ1) is 19.9. The minimum Gasteiger partial charge on any atom is -0.325 e. The highest BCUT2D eigenvalue weighted by molar-refractivity contribution is 7.89. The molecule has 1 aromatic rings. The van der Waals surface area contributed by atoms with Crippen molar-refractivity contribution in [3.8, 4) is 0 Å². The predicted molar refractivity (Wildman–Crippen MR) is 100 cm³/mol. The summed E-state index contributed by atoms with van der Waals surface area (Å²) in [6, 6.07) is 6.89. The van der Waals surface area contributed by atoms with E-state index < -0.39 is 10.0 Å². The molecule has 7 heteroatoms. The molecule has 0 spiro atoms. The number of carbonyl (C=O) groups is 1. The van der Waals surface area contributed by atoms with E-state index in [1.807, 2.05) is 13.8 Å². The smallest absolute Gasteiger partial charge is 0.243 e. The van der Waals surface area contributed by atoms with Crippen molar-refractivity contribution in [2.75, 3.05) is 31.5 Å². The van der Waals surface area contributed by atoms with Gasteiger partial charge in [-0.2, -0.15) is 4.31 Å². The first-order valence-electron chi connectivity index (χ1n) is 9.02. The second kappa shape index (κ2) is 8.78. The number of hydrogen-bond donors (Lipinski definition) is 1. The fourth-order valence-electron chi connectivity index (χ4n) is 3.22. The number of hydrogen-bond acceptors (Lipinski definition) is 4. The molecule has 0 aromatic heterocycles. The number of anilines is 1. The summed E-state index contributed by atoms with van der Waals surface area (Å²) in [5.41, 5.74) is 0.517. The molecule has 1 aromatic carbocycles. The quantitative estimate of drug-likeness (QED) is 0.804. The molecule has 25 heavy (non-hydrogen) atoms. The number of nitrogens with zero attached hydrogens (tertiary/aromatic N) is 2. The Balaban J connectivity index is 2.07. The van der Waals surface area contributed by atoms with Crippen LogP contribution in [-0.2, 0) is 14.8 Å². The molecule has 0 unspecified atom stereocenters. The molecule has 0 radical (unpaired) electrons. The van der Waals surface area contributed by atoms with Gasteiger partial charge >= 0.3 is 0 Å². The van der Waals surface area contributed by atoms with Crippen LogP contribution in [0, 0.1) is 0 Å². The predicted octanol–water partition coefficient (Wildman–Crippen LogP) is 2.53. The molecular formula is C18H29N3O3S. The molecule has 6 nitrogen and oxygen atoms in total. The van der Waals surface area contributed by atoms with Crippen LogP contribution in [0.2, 0.25) is 0 Å². The second-order valence-corrected chi connectivity index (χ2v) is 8.42. The molecule has 1 heterocycles. The van der Waals surface area contributed by atoms with E-state index in [1.165, 1.54) is 16.8 Å². The Kier molecular flexibility index (Phi) is 6.98. The molecule has 1 atom stereocenters. The maximum absolute atomic E-state index is 12.6. The van der Waals surface area contributed by atoms with Gasteiger partial charge in [-0.25, -0.2) is 8.42 Å². The van der Waals surface area contributed by atoms with Gasteiger partial charge in [-0.1, -0.05) is 26.3 Å². The molecule has 1 fully saturated rings. The van der Waals surface area contributed by atoms with Crippen molar-refractivity contribution in [3.63, 3.8) is 0 Å². The van der Waals surface area contributed by atoms with E-state index in [4.69, 9.17) is 0 Å². The largest absolute Gasteiger partial charge is 0.325 e. The normalized spacial score (nSPS) is 19.1. The molecule has 0 bridgehead atoms. The number of carbonyl (C=O) groups excluding carboxylic acids is 1. The highest BCUT2D eigenvalue weighted by atomic mass is 32.2. The van der Waals surface area contributed by atoms with Crippen molar-refractivity contribution >= 4 is 21.6 Å². The van der Waals surface area contributed by atoms with E-state index in [9.17, 15) is 13.2 Å². The van der Waals surface area contributed by atoms with Crippen LogP contribution in [0.3, 0.4) is 0 Å². The summed E-state index contributed by atoms with van der Waals surface area (Å²) in [6.45, 7) is 7.88. The third-order valence-corrected chi connectivity index (χ3v) is 6.79. The number of benzene rings is 1. The summed E-state index contributed by atoms with van der Waals surface area (Å²) < 4.78 is 26.6. The Hall–Kier alpha value is -1.44. The Morgan fingerprint density at radius 1 is 1.28 bits per heavy atom. The van der Waals surface area contributed by atoms with Gasteiger partial charge in [0.05, 0.1) is 11.4 Å². The van der Waals surface area contributed by atoms with Crippen LogP contribution >= 0.6 is 0 Å². The first-order valence-corrected chi connectivity index (χ1v) is 10.5. The van der Waals surface area contributed by atoms with Gasteiger partial charge in [0.25, 0.3) is 0 Å². The van der Waals surface area contributed by atoms with Crippen LogP contribution in [-0.4, -0.2) is 55.8 Å². The van der Waals surface area contributed by atoms with Crippen LogP contribution in [0.25, 0.3) is 0 Å². The molecule has 1 aliphatic rings. The van der Waals surface area contributed by atoms with Gasteiger partial charge in [-0.3, -0.25) is 9.69 Å². The molecule has 1 saturated heterocycles. The SMILES string of the molecule is CCN(CC)S(=O)(=O)c1cccc(NC(=O)CN2CCCC[C@@H]2C)c1. The van der Waals surface area contributed by atoms with Crippen molar-refractivity contribution in [3.05, 3.63) is 24.3 Å². The number of sulfonamides is 1. The minimum absolute atomic E-state index is 0.105. The lowest BCUT2D eigenvalue weighted by atomic mass is 10.0. The lowest BCUT2D eigenvalue weighted by Gasteiger charge is -2.32. The van der Waals surface area contributed by atoms with E-state index in [2.05, 4.69) is 17.1 Å². The van der Waals surface area contributed by atoms with Crippen molar-refractivity contribution < 1.29 is 13.2 Å².